The number of guanidine groups is 1. The normalized spacial score (nSPS) is 16.8. The topological polar surface area (TPSA) is 106 Å². The molecule has 2 N–H and O–H groups in total. The number of methoxy groups -OCH3 is 1. The first-order valence-corrected chi connectivity index (χ1v) is 8.32. The van der Waals surface area contributed by atoms with Crippen molar-refractivity contribution < 1.29 is 14.3 Å². The van der Waals surface area contributed by atoms with Crippen molar-refractivity contribution in [3.8, 4) is 0 Å². The molecular formula is C18H21N5O3. The fourth-order valence-corrected chi connectivity index (χ4v) is 2.95. The van der Waals surface area contributed by atoms with Crippen LogP contribution in [0.2, 0.25) is 0 Å². The molecule has 1 aliphatic rings. The number of carbonyl (C=O) groups excluding carboxylic acids is 2. The predicted octanol–water partition coefficient (Wildman–Crippen LogP) is 1.63. The third kappa shape index (κ3) is 3.63. The number of amides is 1. The number of nitrogens with zero attached hydrogens (tertiary/aromatic N) is 3. The van der Waals surface area contributed by atoms with Gasteiger partial charge in [0.25, 0.3) is 0 Å². The zero-order valence-electron chi connectivity index (χ0n) is 15.2. The number of aromatic nitrogens is 2. The van der Waals surface area contributed by atoms with Crippen molar-refractivity contribution in [2.45, 2.75) is 27.2 Å². The third-order valence-corrected chi connectivity index (χ3v) is 4.28. The molecule has 1 aromatic heterocycles. The maximum Gasteiger partial charge on any atom is 0.306 e. The molecule has 0 saturated carbocycles. The molecule has 2 heterocycles. The standard InChI is InChI=1S/C18H21N5O3/c1-9-5-10(2)15-13(6-9)11(3)20-18(21-15)23-17-19-8-12(16(25)22-17)7-14(24)26-4/h5-6,12H,7-8H2,1-4H3,(H2,19,20,21,22,23,25)/t12-/m1/s1. The number of aliphatic imine (C=N–C) groups is 1. The average molecular weight is 355 g/mol. The van der Waals surface area contributed by atoms with Gasteiger partial charge in [-0.3, -0.25) is 25.2 Å². The lowest BCUT2D eigenvalue weighted by molar-refractivity contribution is -0.143. The first-order chi connectivity index (χ1) is 12.4. The van der Waals surface area contributed by atoms with Gasteiger partial charge in [-0.05, 0) is 32.4 Å². The summed E-state index contributed by atoms with van der Waals surface area (Å²) in [5.74, 6) is -0.599. The van der Waals surface area contributed by atoms with Crippen LogP contribution in [0.15, 0.2) is 17.1 Å². The second kappa shape index (κ2) is 7.07. The third-order valence-electron chi connectivity index (χ3n) is 4.28. The Morgan fingerprint density at radius 3 is 2.77 bits per heavy atom. The van der Waals surface area contributed by atoms with Crippen LogP contribution in [0.3, 0.4) is 0 Å². The Balaban J connectivity index is 1.81. The van der Waals surface area contributed by atoms with Gasteiger partial charge in [0.1, 0.15) is 0 Å². The van der Waals surface area contributed by atoms with Crippen molar-refractivity contribution in [3.63, 3.8) is 0 Å². The van der Waals surface area contributed by atoms with E-state index in [4.69, 9.17) is 0 Å². The highest BCUT2D eigenvalue weighted by Crippen LogP contribution is 2.22. The first-order valence-electron chi connectivity index (χ1n) is 8.32. The lowest BCUT2D eigenvalue weighted by Crippen LogP contribution is -2.45. The van der Waals surface area contributed by atoms with Gasteiger partial charge in [0.05, 0.1) is 37.2 Å². The molecule has 1 aromatic carbocycles. The van der Waals surface area contributed by atoms with Crippen LogP contribution in [0.25, 0.3) is 10.9 Å². The second-order valence-corrected chi connectivity index (χ2v) is 6.39. The van der Waals surface area contributed by atoms with Crippen LogP contribution in [0, 0.1) is 26.7 Å². The van der Waals surface area contributed by atoms with Crippen molar-refractivity contribution in [2.24, 2.45) is 10.9 Å². The molecule has 0 spiro atoms. The van der Waals surface area contributed by atoms with E-state index < -0.39 is 11.9 Å². The van der Waals surface area contributed by atoms with Crippen molar-refractivity contribution in [3.05, 3.63) is 29.0 Å². The average Bonchev–Trinajstić information content (AvgIpc) is 2.58. The van der Waals surface area contributed by atoms with Crippen molar-refractivity contribution >= 4 is 34.7 Å². The molecule has 1 aliphatic heterocycles. The summed E-state index contributed by atoms with van der Waals surface area (Å²) >= 11 is 0. The van der Waals surface area contributed by atoms with Gasteiger partial charge in [-0.15, -0.1) is 0 Å². The minimum atomic E-state index is -0.530. The fraction of sp³-hybridized carbons (Fsp3) is 0.389. The summed E-state index contributed by atoms with van der Waals surface area (Å²) in [5, 5.41) is 6.60. The van der Waals surface area contributed by atoms with Gasteiger partial charge in [0.15, 0.2) is 0 Å². The summed E-state index contributed by atoms with van der Waals surface area (Å²) < 4.78 is 4.59. The van der Waals surface area contributed by atoms with Crippen LogP contribution in [-0.2, 0) is 14.3 Å². The largest absolute Gasteiger partial charge is 0.469 e. The van der Waals surface area contributed by atoms with Gasteiger partial charge in [0, 0.05) is 5.39 Å². The van der Waals surface area contributed by atoms with Gasteiger partial charge in [-0.1, -0.05) is 11.6 Å². The highest BCUT2D eigenvalue weighted by Gasteiger charge is 2.27. The summed E-state index contributed by atoms with van der Waals surface area (Å²) in [6.07, 6.45) is 0.00322. The molecule has 0 aliphatic carbocycles. The van der Waals surface area contributed by atoms with Crippen LogP contribution < -0.4 is 10.6 Å². The summed E-state index contributed by atoms with van der Waals surface area (Å²) in [5.41, 5.74) is 3.91. The monoisotopic (exact) mass is 355 g/mol. The van der Waals surface area contributed by atoms with E-state index in [0.29, 0.717) is 5.95 Å². The van der Waals surface area contributed by atoms with Gasteiger partial charge < -0.3 is 4.74 Å². The summed E-state index contributed by atoms with van der Waals surface area (Å²) in [6.45, 7) is 6.16. The van der Waals surface area contributed by atoms with E-state index in [1.807, 2.05) is 20.8 Å². The van der Waals surface area contributed by atoms with E-state index in [9.17, 15) is 9.59 Å². The molecule has 3 rings (SSSR count). The minimum Gasteiger partial charge on any atom is -0.469 e. The van der Waals surface area contributed by atoms with E-state index in [2.05, 4.69) is 42.5 Å². The van der Waals surface area contributed by atoms with Crippen LogP contribution in [0.5, 0.6) is 0 Å². The number of ether oxygens (including phenoxy) is 1. The van der Waals surface area contributed by atoms with E-state index in [1.165, 1.54) is 7.11 Å². The van der Waals surface area contributed by atoms with E-state index in [-0.39, 0.29) is 24.8 Å². The molecule has 0 unspecified atom stereocenters. The number of anilines is 1. The van der Waals surface area contributed by atoms with E-state index >= 15 is 0 Å². The summed E-state index contributed by atoms with van der Waals surface area (Å²) in [6, 6.07) is 4.12. The highest BCUT2D eigenvalue weighted by molar-refractivity contribution is 6.06. The number of hydrogen-bond acceptors (Lipinski definition) is 7. The second-order valence-electron chi connectivity index (χ2n) is 6.39. The fourth-order valence-electron chi connectivity index (χ4n) is 2.95. The number of nitrogens with one attached hydrogen (secondary N) is 2. The number of rotatable bonds is 3. The zero-order valence-corrected chi connectivity index (χ0v) is 15.2. The SMILES string of the molecule is COC(=O)C[C@@H]1CN=C(Nc2nc(C)c3cc(C)cc(C)c3n2)NC1=O. The Bertz CT molecular complexity index is 923. The summed E-state index contributed by atoms with van der Waals surface area (Å²) in [7, 11) is 1.29. The molecule has 2 aromatic rings. The molecule has 0 bridgehead atoms. The molecule has 0 radical (unpaired) electrons. The maximum absolute atomic E-state index is 12.1. The lowest BCUT2D eigenvalue weighted by Gasteiger charge is -2.21. The molecule has 8 heteroatoms. The van der Waals surface area contributed by atoms with Gasteiger partial charge in [-0.25, -0.2) is 9.97 Å². The Morgan fingerprint density at radius 2 is 2.08 bits per heavy atom. The Hall–Kier alpha value is -3.03. The van der Waals surface area contributed by atoms with Crippen LogP contribution >= 0.6 is 0 Å². The number of aryl methyl sites for hydroxylation is 3. The van der Waals surface area contributed by atoms with Crippen molar-refractivity contribution in [1.82, 2.24) is 15.3 Å². The van der Waals surface area contributed by atoms with Crippen molar-refractivity contribution in [1.29, 1.82) is 0 Å². The Labute approximate surface area is 151 Å². The number of fused-ring (bicyclic) bond motifs is 1. The zero-order chi connectivity index (χ0) is 18.8. The quantitative estimate of drug-likeness (QED) is 0.811. The van der Waals surface area contributed by atoms with E-state index in [0.717, 1.165) is 27.7 Å². The molecule has 0 fully saturated rings. The molecule has 1 amide bonds. The molecular weight excluding hydrogens is 334 g/mol. The first kappa shape index (κ1) is 17.8. The van der Waals surface area contributed by atoms with Crippen LogP contribution in [0.1, 0.15) is 23.2 Å². The van der Waals surface area contributed by atoms with Crippen LogP contribution in [0.4, 0.5) is 5.95 Å². The van der Waals surface area contributed by atoms with Crippen molar-refractivity contribution in [2.75, 3.05) is 19.0 Å². The highest BCUT2D eigenvalue weighted by atomic mass is 16.5. The molecule has 26 heavy (non-hydrogen) atoms. The molecule has 8 nitrogen and oxygen atoms in total. The maximum atomic E-state index is 12.1. The Kier molecular flexibility index (Phi) is 4.83. The van der Waals surface area contributed by atoms with E-state index in [1.54, 1.807) is 0 Å². The number of esters is 1. The smallest absolute Gasteiger partial charge is 0.306 e. The lowest BCUT2D eigenvalue weighted by atomic mass is 10.0. The van der Waals surface area contributed by atoms with Gasteiger partial charge in [-0.2, -0.15) is 0 Å². The number of carbonyl (C=O) groups is 2. The minimum absolute atomic E-state index is 0.00322. The molecule has 0 saturated heterocycles. The summed E-state index contributed by atoms with van der Waals surface area (Å²) in [4.78, 5) is 36.7. The van der Waals surface area contributed by atoms with Gasteiger partial charge >= 0.3 is 5.97 Å². The Morgan fingerprint density at radius 1 is 1.31 bits per heavy atom. The molecule has 136 valence electrons. The predicted molar refractivity (Wildman–Crippen MR) is 97.9 cm³/mol. The molecule has 1 atom stereocenters. The number of hydrogen-bond donors (Lipinski definition) is 2. The number of benzene rings is 1. The van der Waals surface area contributed by atoms with Gasteiger partial charge in [0.2, 0.25) is 17.8 Å². The van der Waals surface area contributed by atoms with Crippen LogP contribution in [-0.4, -0.2) is 41.5 Å².